The van der Waals surface area contributed by atoms with Gasteiger partial charge in [-0.1, -0.05) is 12.1 Å². The molecule has 0 saturated carbocycles. The normalized spacial score (nSPS) is 15.3. The summed E-state index contributed by atoms with van der Waals surface area (Å²) in [5, 5.41) is 14.3. The largest absolute Gasteiger partial charge is 0.506 e. The van der Waals surface area contributed by atoms with Gasteiger partial charge < -0.3 is 9.84 Å². The van der Waals surface area contributed by atoms with E-state index in [1.165, 1.54) is 18.3 Å². The van der Waals surface area contributed by atoms with Crippen LogP contribution in [0.5, 0.6) is 11.5 Å². The molecule has 2 heterocycles. The van der Waals surface area contributed by atoms with Crippen LogP contribution in [-0.4, -0.2) is 42.9 Å². The molecule has 1 aliphatic rings. The van der Waals surface area contributed by atoms with Crippen molar-refractivity contribution in [3.05, 3.63) is 60.2 Å². The molecular weight excluding hydrogens is 415 g/mol. The molecule has 0 aliphatic carbocycles. The molecular formula is C19H17FN4O5S. The molecule has 1 amide bonds. The van der Waals surface area contributed by atoms with Crippen LogP contribution in [0.3, 0.4) is 0 Å². The summed E-state index contributed by atoms with van der Waals surface area (Å²) < 4.78 is 48.3. The minimum atomic E-state index is -4.27. The highest BCUT2D eigenvalue weighted by molar-refractivity contribution is 7.92. The molecule has 0 bridgehead atoms. The third-order valence-electron chi connectivity index (χ3n) is 4.61. The van der Waals surface area contributed by atoms with Crippen molar-refractivity contribution in [3.8, 4) is 22.6 Å². The number of aromatic nitrogens is 2. The van der Waals surface area contributed by atoms with Gasteiger partial charge in [0.15, 0.2) is 5.82 Å². The van der Waals surface area contributed by atoms with E-state index in [1.54, 1.807) is 22.7 Å². The number of amides is 1. The number of aromatic hydroxyl groups is 1. The molecule has 9 nitrogen and oxygen atoms in total. The summed E-state index contributed by atoms with van der Waals surface area (Å²) in [6, 6.07) is 9.88. The quantitative estimate of drug-likeness (QED) is 0.634. The van der Waals surface area contributed by atoms with Crippen LogP contribution in [0.2, 0.25) is 0 Å². The molecule has 4 rings (SSSR count). The zero-order chi connectivity index (χ0) is 21.5. The van der Waals surface area contributed by atoms with E-state index < -0.39 is 39.9 Å². The molecule has 30 heavy (non-hydrogen) atoms. The van der Waals surface area contributed by atoms with Crippen LogP contribution < -0.4 is 13.8 Å². The lowest BCUT2D eigenvalue weighted by Gasteiger charge is -2.18. The zero-order valence-electron chi connectivity index (χ0n) is 15.7. The summed E-state index contributed by atoms with van der Waals surface area (Å²) in [5.41, 5.74) is 0.787. The highest BCUT2D eigenvalue weighted by Crippen LogP contribution is 2.38. The van der Waals surface area contributed by atoms with Crippen molar-refractivity contribution in [2.45, 2.75) is 6.54 Å². The van der Waals surface area contributed by atoms with Crippen LogP contribution in [0.15, 0.2) is 48.8 Å². The summed E-state index contributed by atoms with van der Waals surface area (Å²) in [6.07, 6.45) is 3.04. The lowest BCUT2D eigenvalue weighted by atomic mass is 10.1. The molecule has 1 fully saturated rings. The molecule has 2 N–H and O–H groups in total. The Balaban J connectivity index is 1.66. The summed E-state index contributed by atoms with van der Waals surface area (Å²) in [4.78, 5) is 11.5. The molecule has 0 atom stereocenters. The molecule has 11 heteroatoms. The predicted molar refractivity (Wildman–Crippen MR) is 106 cm³/mol. The predicted octanol–water partition coefficient (Wildman–Crippen LogP) is 1.63. The number of phenols is 1. The van der Waals surface area contributed by atoms with Crippen LogP contribution in [0, 0.1) is 5.82 Å². The van der Waals surface area contributed by atoms with E-state index in [0.717, 1.165) is 11.3 Å². The van der Waals surface area contributed by atoms with Crippen LogP contribution in [-0.2, 0) is 21.5 Å². The fourth-order valence-electron chi connectivity index (χ4n) is 3.17. The third kappa shape index (κ3) is 3.54. The Kier molecular flexibility index (Phi) is 4.82. The van der Waals surface area contributed by atoms with Crippen LogP contribution in [0.1, 0.15) is 5.56 Å². The summed E-state index contributed by atoms with van der Waals surface area (Å²) in [5.74, 6) is -1.66. The number of nitrogens with one attached hydrogen (secondary N) is 1. The van der Waals surface area contributed by atoms with E-state index in [-0.39, 0.29) is 5.56 Å². The van der Waals surface area contributed by atoms with Gasteiger partial charge in [-0.15, -0.1) is 0 Å². The van der Waals surface area contributed by atoms with Crippen LogP contribution >= 0.6 is 0 Å². The van der Waals surface area contributed by atoms with E-state index in [2.05, 4.69) is 5.10 Å². The number of methoxy groups -OCH3 is 1. The molecule has 0 radical (unpaired) electrons. The number of carbonyl (C=O) groups is 1. The first kappa shape index (κ1) is 19.7. The minimum Gasteiger partial charge on any atom is -0.506 e. The first-order valence-corrected chi connectivity index (χ1v) is 10.2. The molecule has 2 aromatic carbocycles. The lowest BCUT2D eigenvalue weighted by molar-refractivity contribution is -0.117. The number of halogens is 1. The van der Waals surface area contributed by atoms with Crippen LogP contribution in [0.25, 0.3) is 11.1 Å². The first-order valence-electron chi connectivity index (χ1n) is 8.79. The van der Waals surface area contributed by atoms with Gasteiger partial charge in [-0.3, -0.25) is 9.48 Å². The van der Waals surface area contributed by atoms with Crippen LogP contribution in [0.4, 0.5) is 10.1 Å². The number of anilines is 1. The molecule has 156 valence electrons. The van der Waals surface area contributed by atoms with Gasteiger partial charge in [0, 0.05) is 17.3 Å². The van der Waals surface area contributed by atoms with E-state index in [9.17, 15) is 18.3 Å². The fraction of sp³-hybridized carbons (Fsp3) is 0.158. The molecule has 1 aliphatic heterocycles. The fourth-order valence-corrected chi connectivity index (χ4v) is 4.33. The second kappa shape index (κ2) is 7.34. The van der Waals surface area contributed by atoms with Gasteiger partial charge in [-0.2, -0.15) is 13.5 Å². The second-order valence-corrected chi connectivity index (χ2v) is 8.20. The monoisotopic (exact) mass is 432 g/mol. The molecule has 0 unspecified atom stereocenters. The van der Waals surface area contributed by atoms with Gasteiger partial charge in [0.05, 0.1) is 19.9 Å². The number of benzene rings is 2. The van der Waals surface area contributed by atoms with E-state index in [4.69, 9.17) is 4.74 Å². The SMILES string of the molecule is COc1ccc(Cn2cc(-c3ccc(O)c(N4CC(=O)NS4(=O)=O)c3F)cn2)cc1. The van der Waals surface area contributed by atoms with Crippen molar-refractivity contribution in [1.82, 2.24) is 14.5 Å². The van der Waals surface area contributed by atoms with Crippen molar-refractivity contribution in [1.29, 1.82) is 0 Å². The van der Waals surface area contributed by atoms with E-state index in [1.807, 2.05) is 24.3 Å². The highest BCUT2D eigenvalue weighted by atomic mass is 32.2. The second-order valence-electron chi connectivity index (χ2n) is 6.61. The topological polar surface area (TPSA) is 114 Å². The Hall–Kier alpha value is -3.60. The molecule has 1 aromatic heterocycles. The lowest BCUT2D eigenvalue weighted by Crippen LogP contribution is -2.30. The number of carbonyl (C=O) groups excluding carboxylic acids is 1. The van der Waals surface area contributed by atoms with Gasteiger partial charge in [0.1, 0.15) is 23.7 Å². The number of hydrogen-bond donors (Lipinski definition) is 2. The smallest absolute Gasteiger partial charge is 0.326 e. The van der Waals surface area contributed by atoms with Crippen molar-refractivity contribution in [2.24, 2.45) is 0 Å². The molecule has 1 saturated heterocycles. The minimum absolute atomic E-state index is 0.0401. The Bertz CT molecular complexity index is 1220. The van der Waals surface area contributed by atoms with Gasteiger partial charge >= 0.3 is 10.2 Å². The third-order valence-corrected chi connectivity index (χ3v) is 5.99. The maximum atomic E-state index is 15.2. The average Bonchev–Trinajstić information content (AvgIpc) is 3.26. The zero-order valence-corrected chi connectivity index (χ0v) is 16.6. The Morgan fingerprint density at radius 3 is 2.60 bits per heavy atom. The van der Waals surface area contributed by atoms with E-state index in [0.29, 0.717) is 16.4 Å². The number of nitrogens with zero attached hydrogens (tertiary/aromatic N) is 3. The van der Waals surface area contributed by atoms with Gasteiger partial charge in [0.25, 0.3) is 5.91 Å². The Morgan fingerprint density at radius 2 is 1.97 bits per heavy atom. The summed E-state index contributed by atoms with van der Waals surface area (Å²) >= 11 is 0. The number of phenolic OH excluding ortho intramolecular Hbond substituents is 1. The van der Waals surface area contributed by atoms with Gasteiger partial charge in [-0.05, 0) is 29.8 Å². The molecule has 0 spiro atoms. The summed E-state index contributed by atoms with van der Waals surface area (Å²) in [6.45, 7) is -0.192. The van der Waals surface area contributed by atoms with Crippen molar-refractivity contribution < 1.29 is 27.4 Å². The first-order chi connectivity index (χ1) is 14.3. The number of hydrogen-bond acceptors (Lipinski definition) is 6. The Morgan fingerprint density at radius 1 is 1.23 bits per heavy atom. The number of rotatable bonds is 5. The average molecular weight is 432 g/mol. The highest BCUT2D eigenvalue weighted by Gasteiger charge is 2.38. The van der Waals surface area contributed by atoms with Gasteiger partial charge in [-0.25, -0.2) is 13.4 Å². The maximum absolute atomic E-state index is 15.2. The van der Waals surface area contributed by atoms with Crippen molar-refractivity contribution in [2.75, 3.05) is 18.0 Å². The summed E-state index contributed by atoms with van der Waals surface area (Å²) in [7, 11) is -2.69. The Labute approximate surface area is 171 Å². The van der Waals surface area contributed by atoms with Crippen molar-refractivity contribution in [3.63, 3.8) is 0 Å². The van der Waals surface area contributed by atoms with Crippen molar-refractivity contribution >= 4 is 21.8 Å². The maximum Gasteiger partial charge on any atom is 0.326 e. The number of ether oxygens (including phenoxy) is 1. The standard InChI is InChI=1S/C19H17FN4O5S/c1-29-14-4-2-12(3-5-14)9-23-10-13(8-21-23)15-6-7-16(25)19(18(15)20)24-11-17(26)22-30(24,27)28/h2-8,10,25H,9,11H2,1H3,(H,22,26). The van der Waals surface area contributed by atoms with E-state index >= 15 is 4.39 Å². The van der Waals surface area contributed by atoms with Gasteiger partial charge in [0.2, 0.25) is 0 Å². The molecule has 3 aromatic rings.